The molecule has 1 aromatic rings. The van der Waals surface area contributed by atoms with Crippen molar-refractivity contribution in [3.8, 4) is 0 Å². The van der Waals surface area contributed by atoms with Gasteiger partial charge in [-0.05, 0) is 43.2 Å². The Hall–Kier alpha value is -1.32. The summed E-state index contributed by atoms with van der Waals surface area (Å²) in [5.74, 6) is -3.10. The monoisotopic (exact) mass is 270 g/mol. The van der Waals surface area contributed by atoms with Crippen molar-refractivity contribution >= 4 is 5.78 Å². The molecule has 1 aromatic carbocycles. The van der Waals surface area contributed by atoms with E-state index in [0.29, 0.717) is 18.8 Å². The molecule has 0 aromatic heterocycles. The van der Waals surface area contributed by atoms with E-state index in [1.165, 1.54) is 6.07 Å². The van der Waals surface area contributed by atoms with Gasteiger partial charge in [0.2, 0.25) is 0 Å². The number of hydrogen-bond acceptors (Lipinski definition) is 1. The van der Waals surface area contributed by atoms with Crippen LogP contribution in [0.2, 0.25) is 0 Å². The maximum absolute atomic E-state index is 13.5. The second kappa shape index (κ2) is 5.76. The molecule has 0 bridgehead atoms. The molecule has 1 nitrogen and oxygen atoms in total. The van der Waals surface area contributed by atoms with Crippen LogP contribution < -0.4 is 0 Å². The highest BCUT2D eigenvalue weighted by Crippen LogP contribution is 2.29. The fraction of sp³-hybridized carbons (Fsp3) is 0.533. The standard InChI is InChI=1S/C15H17F3O/c1-9-2-7-13(19)11(8-9)4-3-10-5-6-12(16)15(18)14(10)17/h5-6,9,11H,2-4,7-8H2,1H3. The van der Waals surface area contributed by atoms with Crippen molar-refractivity contribution in [3.05, 3.63) is 35.1 Å². The van der Waals surface area contributed by atoms with E-state index >= 15 is 0 Å². The van der Waals surface area contributed by atoms with Gasteiger partial charge < -0.3 is 0 Å². The molecule has 0 radical (unpaired) electrons. The Morgan fingerprint density at radius 1 is 1.21 bits per heavy atom. The molecule has 2 rings (SSSR count). The molecule has 1 fully saturated rings. The fourth-order valence-electron chi connectivity index (χ4n) is 2.70. The predicted molar refractivity (Wildman–Crippen MR) is 66.1 cm³/mol. The van der Waals surface area contributed by atoms with E-state index in [9.17, 15) is 18.0 Å². The van der Waals surface area contributed by atoms with Gasteiger partial charge in [-0.15, -0.1) is 0 Å². The first-order valence-electron chi connectivity index (χ1n) is 6.64. The highest BCUT2D eigenvalue weighted by atomic mass is 19.2. The van der Waals surface area contributed by atoms with Crippen LogP contribution in [0, 0.1) is 29.3 Å². The van der Waals surface area contributed by atoms with E-state index < -0.39 is 17.5 Å². The van der Waals surface area contributed by atoms with Crippen LogP contribution in [0.15, 0.2) is 12.1 Å². The summed E-state index contributed by atoms with van der Waals surface area (Å²) in [6, 6.07) is 2.18. The number of carbonyl (C=O) groups is 1. The number of aryl methyl sites for hydroxylation is 1. The van der Waals surface area contributed by atoms with E-state index in [1.807, 2.05) is 0 Å². The topological polar surface area (TPSA) is 17.1 Å². The minimum atomic E-state index is -1.43. The summed E-state index contributed by atoms with van der Waals surface area (Å²) in [6.45, 7) is 2.09. The van der Waals surface area contributed by atoms with Crippen LogP contribution in [-0.4, -0.2) is 5.78 Å². The summed E-state index contributed by atoms with van der Waals surface area (Å²) in [4.78, 5) is 11.7. The molecule has 19 heavy (non-hydrogen) atoms. The summed E-state index contributed by atoms with van der Waals surface area (Å²) in [5, 5.41) is 0. The van der Waals surface area contributed by atoms with Gasteiger partial charge in [0.1, 0.15) is 5.78 Å². The van der Waals surface area contributed by atoms with Gasteiger partial charge in [0.15, 0.2) is 17.5 Å². The molecule has 0 N–H and O–H groups in total. The lowest BCUT2D eigenvalue weighted by molar-refractivity contribution is -0.125. The van der Waals surface area contributed by atoms with Crippen LogP contribution in [0.25, 0.3) is 0 Å². The third-order valence-corrected chi connectivity index (χ3v) is 3.90. The number of ketones is 1. The van der Waals surface area contributed by atoms with E-state index in [2.05, 4.69) is 6.92 Å². The van der Waals surface area contributed by atoms with Crippen LogP contribution in [-0.2, 0) is 11.2 Å². The summed E-state index contributed by atoms with van der Waals surface area (Å²) in [6.07, 6.45) is 3.07. The Bertz CT molecular complexity index is 485. The first kappa shape index (κ1) is 14.1. The summed E-state index contributed by atoms with van der Waals surface area (Å²) < 4.78 is 39.4. The van der Waals surface area contributed by atoms with Crippen molar-refractivity contribution in [3.63, 3.8) is 0 Å². The molecular weight excluding hydrogens is 253 g/mol. The highest BCUT2D eigenvalue weighted by molar-refractivity contribution is 5.81. The molecule has 104 valence electrons. The number of Topliss-reactive ketones (excluding diaryl/α,β-unsaturated/α-hetero) is 1. The van der Waals surface area contributed by atoms with E-state index in [-0.39, 0.29) is 23.7 Å². The zero-order chi connectivity index (χ0) is 14.0. The van der Waals surface area contributed by atoms with Crippen LogP contribution in [0.4, 0.5) is 13.2 Å². The van der Waals surface area contributed by atoms with Gasteiger partial charge in [-0.25, -0.2) is 13.2 Å². The largest absolute Gasteiger partial charge is 0.299 e. The Morgan fingerprint density at radius 3 is 2.68 bits per heavy atom. The van der Waals surface area contributed by atoms with Crippen LogP contribution in [0.3, 0.4) is 0 Å². The van der Waals surface area contributed by atoms with Gasteiger partial charge in [0.05, 0.1) is 0 Å². The Kier molecular flexibility index (Phi) is 4.27. The second-order valence-electron chi connectivity index (χ2n) is 5.42. The SMILES string of the molecule is CC1CCC(=O)C(CCc2ccc(F)c(F)c2F)C1. The summed E-state index contributed by atoms with van der Waals surface area (Å²) in [7, 11) is 0. The Balaban J connectivity index is 2.02. The lowest BCUT2D eigenvalue weighted by Crippen LogP contribution is -2.24. The number of benzene rings is 1. The first-order chi connectivity index (χ1) is 8.99. The second-order valence-corrected chi connectivity index (χ2v) is 5.42. The van der Waals surface area contributed by atoms with Crippen LogP contribution >= 0.6 is 0 Å². The minimum Gasteiger partial charge on any atom is -0.299 e. The average molecular weight is 270 g/mol. The zero-order valence-electron chi connectivity index (χ0n) is 10.9. The van der Waals surface area contributed by atoms with Crippen molar-refractivity contribution in [2.45, 2.75) is 39.0 Å². The molecule has 4 heteroatoms. The summed E-state index contributed by atoms with van der Waals surface area (Å²) >= 11 is 0. The van der Waals surface area contributed by atoms with Gasteiger partial charge in [-0.1, -0.05) is 13.0 Å². The van der Waals surface area contributed by atoms with Crippen molar-refractivity contribution in [1.82, 2.24) is 0 Å². The van der Waals surface area contributed by atoms with Crippen LogP contribution in [0.1, 0.15) is 38.2 Å². The minimum absolute atomic E-state index is 0.0729. The van der Waals surface area contributed by atoms with Gasteiger partial charge >= 0.3 is 0 Å². The molecule has 0 amide bonds. The predicted octanol–water partition coefficient (Wildman–Crippen LogP) is 4.04. The molecule has 1 saturated carbocycles. The normalized spacial score (nSPS) is 23.7. The zero-order valence-corrected chi connectivity index (χ0v) is 10.9. The average Bonchev–Trinajstić information content (AvgIpc) is 2.39. The highest BCUT2D eigenvalue weighted by Gasteiger charge is 2.26. The van der Waals surface area contributed by atoms with Gasteiger partial charge in [0, 0.05) is 12.3 Å². The quantitative estimate of drug-likeness (QED) is 0.757. The Morgan fingerprint density at radius 2 is 1.95 bits per heavy atom. The molecule has 0 spiro atoms. The fourth-order valence-corrected chi connectivity index (χ4v) is 2.70. The van der Waals surface area contributed by atoms with Gasteiger partial charge in [-0.2, -0.15) is 0 Å². The number of hydrogen-bond donors (Lipinski definition) is 0. The van der Waals surface area contributed by atoms with Crippen molar-refractivity contribution < 1.29 is 18.0 Å². The van der Waals surface area contributed by atoms with Gasteiger partial charge in [-0.3, -0.25) is 4.79 Å². The van der Waals surface area contributed by atoms with E-state index in [0.717, 1.165) is 18.9 Å². The third-order valence-electron chi connectivity index (χ3n) is 3.90. The molecular formula is C15H17F3O. The maximum Gasteiger partial charge on any atom is 0.194 e. The number of carbonyl (C=O) groups excluding carboxylic acids is 1. The number of rotatable bonds is 3. The van der Waals surface area contributed by atoms with E-state index in [1.54, 1.807) is 0 Å². The lowest BCUT2D eigenvalue weighted by atomic mass is 9.79. The molecule has 0 saturated heterocycles. The molecule has 0 aliphatic heterocycles. The van der Waals surface area contributed by atoms with E-state index in [4.69, 9.17) is 0 Å². The van der Waals surface area contributed by atoms with Crippen molar-refractivity contribution in [2.75, 3.05) is 0 Å². The first-order valence-corrected chi connectivity index (χ1v) is 6.64. The van der Waals surface area contributed by atoms with Gasteiger partial charge in [0.25, 0.3) is 0 Å². The van der Waals surface area contributed by atoms with Crippen molar-refractivity contribution in [1.29, 1.82) is 0 Å². The lowest BCUT2D eigenvalue weighted by Gasteiger charge is -2.25. The maximum atomic E-state index is 13.5. The molecule has 0 heterocycles. The number of halogens is 3. The molecule has 1 aliphatic rings. The molecule has 2 unspecified atom stereocenters. The summed E-state index contributed by atoms with van der Waals surface area (Å²) in [5.41, 5.74) is 0.143. The molecule has 2 atom stereocenters. The van der Waals surface area contributed by atoms with Crippen molar-refractivity contribution in [2.24, 2.45) is 11.8 Å². The molecule has 1 aliphatic carbocycles. The van der Waals surface area contributed by atoms with Crippen LogP contribution in [0.5, 0.6) is 0 Å². The smallest absolute Gasteiger partial charge is 0.194 e. The Labute approximate surface area is 110 Å². The third kappa shape index (κ3) is 3.17.